The van der Waals surface area contributed by atoms with Crippen molar-refractivity contribution >= 4 is 28.9 Å². The molecule has 0 aliphatic heterocycles. The first-order valence-corrected chi connectivity index (χ1v) is 8.86. The van der Waals surface area contributed by atoms with E-state index in [1.807, 2.05) is 30.3 Å². The van der Waals surface area contributed by atoms with Crippen LogP contribution in [0, 0.1) is 0 Å². The minimum Gasteiger partial charge on any atom is -0.507 e. The van der Waals surface area contributed by atoms with Crippen molar-refractivity contribution in [3.05, 3.63) is 54.1 Å². The first kappa shape index (κ1) is 18.6. The third kappa shape index (κ3) is 5.15. The maximum Gasteiger partial charge on any atom is 0.246 e. The molecule has 0 bridgehead atoms. The molecule has 0 spiro atoms. The van der Waals surface area contributed by atoms with E-state index in [2.05, 4.69) is 44.8 Å². The van der Waals surface area contributed by atoms with Crippen molar-refractivity contribution in [3.8, 4) is 5.75 Å². The van der Waals surface area contributed by atoms with Crippen LogP contribution in [0.2, 0.25) is 0 Å². The molecule has 3 N–H and O–H groups in total. The minimum absolute atomic E-state index is 0.172. The SMILES string of the molecule is CN(C)CCCNc1nc(NN=Cc2ccccc2O)nc2ccccc12. The highest BCUT2D eigenvalue weighted by Gasteiger charge is 2.07. The van der Waals surface area contributed by atoms with Gasteiger partial charge in [-0.2, -0.15) is 10.1 Å². The number of hydrogen-bond acceptors (Lipinski definition) is 7. The number of phenolic OH excluding ortho intramolecular Hbond substituents is 1. The smallest absolute Gasteiger partial charge is 0.246 e. The molecule has 0 amide bonds. The highest BCUT2D eigenvalue weighted by atomic mass is 16.3. The van der Waals surface area contributed by atoms with Crippen molar-refractivity contribution in [2.75, 3.05) is 37.9 Å². The van der Waals surface area contributed by atoms with E-state index in [1.54, 1.807) is 18.2 Å². The molecule has 2 aromatic carbocycles. The molecule has 0 aliphatic rings. The standard InChI is InChI=1S/C20H24N6O/c1-26(2)13-7-12-21-19-16-9-4-5-10-17(16)23-20(24-19)25-22-14-15-8-3-6-11-18(15)27/h3-6,8-11,14,27H,7,12-13H2,1-2H3,(H2,21,23,24,25). The number of hydrogen-bond donors (Lipinski definition) is 3. The normalized spacial score (nSPS) is 11.4. The number of nitrogens with zero attached hydrogens (tertiary/aromatic N) is 4. The Labute approximate surface area is 158 Å². The van der Waals surface area contributed by atoms with Crippen LogP contribution in [0.4, 0.5) is 11.8 Å². The Hall–Kier alpha value is -3.19. The van der Waals surface area contributed by atoms with Crippen molar-refractivity contribution < 1.29 is 5.11 Å². The van der Waals surface area contributed by atoms with E-state index < -0.39 is 0 Å². The number of benzene rings is 2. The summed E-state index contributed by atoms with van der Waals surface area (Å²) in [7, 11) is 4.12. The topological polar surface area (TPSA) is 85.7 Å². The van der Waals surface area contributed by atoms with Gasteiger partial charge in [-0.1, -0.05) is 24.3 Å². The Bertz CT molecular complexity index is 925. The average molecular weight is 364 g/mol. The van der Waals surface area contributed by atoms with Gasteiger partial charge in [-0.05, 0) is 51.3 Å². The van der Waals surface area contributed by atoms with Crippen LogP contribution in [-0.2, 0) is 0 Å². The summed E-state index contributed by atoms with van der Waals surface area (Å²) < 4.78 is 0. The molecular formula is C20H24N6O. The second-order valence-corrected chi connectivity index (χ2v) is 6.43. The minimum atomic E-state index is 0.172. The lowest BCUT2D eigenvalue weighted by Gasteiger charge is -2.12. The van der Waals surface area contributed by atoms with Crippen LogP contribution in [0.15, 0.2) is 53.6 Å². The molecule has 1 heterocycles. The van der Waals surface area contributed by atoms with Crippen molar-refractivity contribution in [1.29, 1.82) is 0 Å². The van der Waals surface area contributed by atoms with Crippen LogP contribution >= 0.6 is 0 Å². The van der Waals surface area contributed by atoms with Crippen LogP contribution in [0.1, 0.15) is 12.0 Å². The Morgan fingerprint density at radius 1 is 1.07 bits per heavy atom. The number of rotatable bonds is 8. The van der Waals surface area contributed by atoms with E-state index in [-0.39, 0.29) is 5.75 Å². The largest absolute Gasteiger partial charge is 0.507 e. The Morgan fingerprint density at radius 2 is 1.85 bits per heavy atom. The highest BCUT2D eigenvalue weighted by Crippen LogP contribution is 2.22. The van der Waals surface area contributed by atoms with Crippen molar-refractivity contribution in [2.24, 2.45) is 5.10 Å². The number of fused-ring (bicyclic) bond motifs is 1. The first-order chi connectivity index (χ1) is 13.1. The summed E-state index contributed by atoms with van der Waals surface area (Å²) in [6, 6.07) is 14.9. The van der Waals surface area contributed by atoms with Crippen LogP contribution in [0.3, 0.4) is 0 Å². The summed E-state index contributed by atoms with van der Waals surface area (Å²) in [5.74, 6) is 1.35. The maximum atomic E-state index is 9.79. The van der Waals surface area contributed by atoms with Gasteiger partial charge in [0.05, 0.1) is 11.7 Å². The van der Waals surface area contributed by atoms with Crippen LogP contribution in [-0.4, -0.2) is 53.4 Å². The quantitative estimate of drug-likeness (QED) is 0.323. The molecule has 0 unspecified atom stereocenters. The number of aromatic hydroxyl groups is 1. The van der Waals surface area contributed by atoms with Gasteiger partial charge in [0.2, 0.25) is 5.95 Å². The van der Waals surface area contributed by atoms with Gasteiger partial charge in [0.25, 0.3) is 0 Å². The number of phenols is 1. The molecule has 0 radical (unpaired) electrons. The molecule has 0 saturated carbocycles. The Balaban J connectivity index is 1.76. The summed E-state index contributed by atoms with van der Waals surface area (Å²) in [4.78, 5) is 11.2. The lowest BCUT2D eigenvalue weighted by atomic mass is 10.2. The van der Waals surface area contributed by atoms with Gasteiger partial charge in [-0.25, -0.2) is 10.4 Å². The number of aromatic nitrogens is 2. The van der Waals surface area contributed by atoms with E-state index in [1.165, 1.54) is 6.21 Å². The maximum absolute atomic E-state index is 9.79. The lowest BCUT2D eigenvalue weighted by molar-refractivity contribution is 0.405. The summed E-state index contributed by atoms with van der Waals surface area (Å²) >= 11 is 0. The van der Waals surface area contributed by atoms with Crippen LogP contribution in [0.5, 0.6) is 5.75 Å². The molecule has 140 valence electrons. The zero-order chi connectivity index (χ0) is 19.1. The number of para-hydroxylation sites is 2. The fourth-order valence-electron chi connectivity index (χ4n) is 2.62. The van der Waals surface area contributed by atoms with Crippen LogP contribution in [0.25, 0.3) is 10.9 Å². The molecule has 0 atom stereocenters. The predicted molar refractivity (Wildman–Crippen MR) is 111 cm³/mol. The second-order valence-electron chi connectivity index (χ2n) is 6.43. The number of nitrogens with one attached hydrogen (secondary N) is 2. The highest BCUT2D eigenvalue weighted by molar-refractivity contribution is 5.90. The molecule has 0 saturated heterocycles. The summed E-state index contributed by atoms with van der Waals surface area (Å²) in [5.41, 5.74) is 4.30. The molecular weight excluding hydrogens is 340 g/mol. The summed E-state index contributed by atoms with van der Waals surface area (Å²) in [5, 5.41) is 18.3. The molecule has 27 heavy (non-hydrogen) atoms. The van der Waals surface area contributed by atoms with Gasteiger partial charge in [-0.3, -0.25) is 0 Å². The van der Waals surface area contributed by atoms with E-state index in [0.717, 1.165) is 36.2 Å². The molecule has 7 nitrogen and oxygen atoms in total. The van der Waals surface area contributed by atoms with Gasteiger partial charge >= 0.3 is 0 Å². The van der Waals surface area contributed by atoms with Gasteiger partial charge in [-0.15, -0.1) is 0 Å². The molecule has 7 heteroatoms. The fraction of sp³-hybridized carbons (Fsp3) is 0.250. The van der Waals surface area contributed by atoms with Crippen LogP contribution < -0.4 is 10.7 Å². The van der Waals surface area contributed by atoms with Crippen molar-refractivity contribution in [2.45, 2.75) is 6.42 Å². The summed E-state index contributed by atoms with van der Waals surface area (Å²) in [6.07, 6.45) is 2.55. The zero-order valence-corrected chi connectivity index (χ0v) is 15.6. The number of hydrazone groups is 1. The number of anilines is 2. The fourth-order valence-corrected chi connectivity index (χ4v) is 2.62. The predicted octanol–water partition coefficient (Wildman–Crippen LogP) is 3.15. The van der Waals surface area contributed by atoms with Gasteiger partial charge < -0.3 is 15.3 Å². The molecule has 0 fully saturated rings. The molecule has 3 rings (SSSR count). The van der Waals surface area contributed by atoms with E-state index in [0.29, 0.717) is 11.5 Å². The monoisotopic (exact) mass is 364 g/mol. The summed E-state index contributed by atoms with van der Waals surface area (Å²) in [6.45, 7) is 1.83. The Kier molecular flexibility index (Phi) is 6.17. The van der Waals surface area contributed by atoms with Gasteiger partial charge in [0.15, 0.2) is 0 Å². The zero-order valence-electron chi connectivity index (χ0n) is 15.6. The molecule has 1 aromatic heterocycles. The van der Waals surface area contributed by atoms with E-state index in [9.17, 15) is 5.11 Å². The van der Waals surface area contributed by atoms with Crippen molar-refractivity contribution in [1.82, 2.24) is 14.9 Å². The van der Waals surface area contributed by atoms with E-state index >= 15 is 0 Å². The third-order valence-electron chi connectivity index (χ3n) is 3.98. The molecule has 3 aromatic rings. The second kappa shape index (κ2) is 8.95. The van der Waals surface area contributed by atoms with Gasteiger partial charge in [0.1, 0.15) is 11.6 Å². The Morgan fingerprint density at radius 3 is 2.67 bits per heavy atom. The van der Waals surface area contributed by atoms with Crippen molar-refractivity contribution in [3.63, 3.8) is 0 Å². The van der Waals surface area contributed by atoms with Gasteiger partial charge in [0, 0.05) is 17.5 Å². The van der Waals surface area contributed by atoms with E-state index in [4.69, 9.17) is 0 Å². The first-order valence-electron chi connectivity index (χ1n) is 8.86. The molecule has 0 aliphatic carbocycles. The lowest BCUT2D eigenvalue weighted by Crippen LogP contribution is -2.17. The average Bonchev–Trinajstić information content (AvgIpc) is 2.66. The third-order valence-corrected chi connectivity index (χ3v) is 3.98.